The Morgan fingerprint density at radius 1 is 1.14 bits per heavy atom. The number of hydrogen-bond donors (Lipinski definition) is 0. The molecule has 21 heavy (non-hydrogen) atoms. The number of aromatic nitrogens is 1. The molecule has 1 saturated heterocycles. The van der Waals surface area contributed by atoms with Crippen molar-refractivity contribution in [3.63, 3.8) is 0 Å². The van der Waals surface area contributed by atoms with Gasteiger partial charge in [-0.05, 0) is 47.6 Å². The molecular formula is C15H24BNO4. The third-order valence-electron chi connectivity index (χ3n) is 3.92. The Morgan fingerprint density at radius 3 is 2.19 bits per heavy atom. The molecule has 0 N–H and O–H groups in total. The van der Waals surface area contributed by atoms with Gasteiger partial charge in [0.1, 0.15) is 0 Å². The predicted molar refractivity (Wildman–Crippen MR) is 82.3 cm³/mol. The van der Waals surface area contributed by atoms with Crippen molar-refractivity contribution >= 4 is 12.6 Å². The van der Waals surface area contributed by atoms with Crippen molar-refractivity contribution < 1.29 is 18.8 Å². The first-order chi connectivity index (χ1) is 9.66. The van der Waals surface area contributed by atoms with Gasteiger partial charge in [-0.15, -0.1) is 0 Å². The molecule has 1 aromatic heterocycles. The molecule has 1 fully saturated rings. The Morgan fingerprint density at radius 2 is 1.71 bits per heavy atom. The van der Waals surface area contributed by atoms with Gasteiger partial charge in [0, 0.05) is 11.7 Å². The SMILES string of the molecule is COc1ncc(B2OC(C)(C)C(C)(C)O2)cc1OC(C)C. The zero-order valence-corrected chi connectivity index (χ0v) is 13.9. The topological polar surface area (TPSA) is 49.8 Å². The van der Waals surface area contributed by atoms with Crippen LogP contribution in [0.5, 0.6) is 11.6 Å². The van der Waals surface area contributed by atoms with Gasteiger partial charge in [-0.25, -0.2) is 4.98 Å². The van der Waals surface area contributed by atoms with E-state index in [1.165, 1.54) is 0 Å². The number of ether oxygens (including phenoxy) is 2. The number of rotatable bonds is 4. The second kappa shape index (κ2) is 5.50. The molecule has 1 aromatic rings. The fourth-order valence-corrected chi connectivity index (χ4v) is 2.05. The molecule has 0 saturated carbocycles. The van der Waals surface area contributed by atoms with E-state index in [0.29, 0.717) is 11.6 Å². The van der Waals surface area contributed by atoms with Gasteiger partial charge in [0.05, 0.1) is 24.4 Å². The first-order valence-electron chi connectivity index (χ1n) is 7.22. The van der Waals surface area contributed by atoms with Gasteiger partial charge in [0.2, 0.25) is 0 Å². The molecule has 2 heterocycles. The summed E-state index contributed by atoms with van der Waals surface area (Å²) in [5.41, 5.74) is 0.0675. The highest BCUT2D eigenvalue weighted by Gasteiger charge is 2.52. The second-order valence-electron chi connectivity index (χ2n) is 6.53. The highest BCUT2D eigenvalue weighted by atomic mass is 16.7. The van der Waals surface area contributed by atoms with E-state index in [2.05, 4.69) is 4.98 Å². The summed E-state index contributed by atoms with van der Waals surface area (Å²) >= 11 is 0. The number of nitrogens with zero attached hydrogens (tertiary/aromatic N) is 1. The van der Waals surface area contributed by atoms with Gasteiger partial charge in [0.25, 0.3) is 5.88 Å². The van der Waals surface area contributed by atoms with Gasteiger partial charge in [-0.3, -0.25) is 0 Å². The van der Waals surface area contributed by atoms with Crippen LogP contribution < -0.4 is 14.9 Å². The van der Waals surface area contributed by atoms with E-state index in [4.69, 9.17) is 18.8 Å². The average molecular weight is 293 g/mol. The molecule has 1 aliphatic heterocycles. The van der Waals surface area contributed by atoms with Crippen LogP contribution in [0.2, 0.25) is 0 Å². The molecule has 0 radical (unpaired) electrons. The van der Waals surface area contributed by atoms with Gasteiger partial charge >= 0.3 is 7.12 Å². The molecule has 6 heteroatoms. The first-order valence-corrected chi connectivity index (χ1v) is 7.22. The smallest absolute Gasteiger partial charge is 0.485 e. The van der Waals surface area contributed by atoms with E-state index in [0.717, 1.165) is 5.46 Å². The summed E-state index contributed by atoms with van der Waals surface area (Å²) in [7, 11) is 1.12. The van der Waals surface area contributed by atoms with Crippen molar-refractivity contribution in [3.05, 3.63) is 12.3 Å². The van der Waals surface area contributed by atoms with Gasteiger partial charge in [-0.2, -0.15) is 0 Å². The van der Waals surface area contributed by atoms with Crippen molar-refractivity contribution in [2.24, 2.45) is 0 Å². The normalized spacial score (nSPS) is 19.9. The monoisotopic (exact) mass is 293 g/mol. The Bertz CT molecular complexity index is 500. The largest absolute Gasteiger partial charge is 0.496 e. The van der Waals surface area contributed by atoms with Crippen LogP contribution in [0, 0.1) is 0 Å². The lowest BCUT2D eigenvalue weighted by molar-refractivity contribution is 0.00578. The van der Waals surface area contributed by atoms with Crippen molar-refractivity contribution in [3.8, 4) is 11.6 Å². The molecule has 0 unspecified atom stereocenters. The molecule has 0 spiro atoms. The highest BCUT2D eigenvalue weighted by molar-refractivity contribution is 6.62. The standard InChI is InChI=1S/C15H24BNO4/c1-10(2)19-12-8-11(9-17-13(12)18-7)16-20-14(3,4)15(5,6)21-16/h8-10H,1-7H3. The summed E-state index contributed by atoms with van der Waals surface area (Å²) in [5, 5.41) is 0. The number of hydrogen-bond acceptors (Lipinski definition) is 5. The van der Waals surface area contributed by atoms with Crippen molar-refractivity contribution in [1.82, 2.24) is 4.98 Å². The zero-order valence-electron chi connectivity index (χ0n) is 13.9. The summed E-state index contributed by atoms with van der Waals surface area (Å²) in [6.07, 6.45) is 1.74. The van der Waals surface area contributed by atoms with E-state index in [1.807, 2.05) is 47.6 Å². The molecule has 0 aliphatic carbocycles. The third-order valence-corrected chi connectivity index (χ3v) is 3.92. The second-order valence-corrected chi connectivity index (χ2v) is 6.53. The molecule has 0 aromatic carbocycles. The Kier molecular flexibility index (Phi) is 4.22. The quantitative estimate of drug-likeness (QED) is 0.796. The van der Waals surface area contributed by atoms with Crippen molar-refractivity contribution in [2.75, 3.05) is 7.11 Å². The van der Waals surface area contributed by atoms with Gasteiger partial charge in [0.15, 0.2) is 5.75 Å². The summed E-state index contributed by atoms with van der Waals surface area (Å²) in [6, 6.07) is 1.87. The number of methoxy groups -OCH3 is 1. The summed E-state index contributed by atoms with van der Waals surface area (Å²) < 4.78 is 23.0. The zero-order chi connectivity index (χ0) is 15.8. The van der Waals surface area contributed by atoms with Gasteiger partial charge in [-0.1, -0.05) is 0 Å². The van der Waals surface area contributed by atoms with Crippen LogP contribution in [0.25, 0.3) is 0 Å². The van der Waals surface area contributed by atoms with E-state index in [-0.39, 0.29) is 17.3 Å². The third kappa shape index (κ3) is 3.16. The predicted octanol–water partition coefficient (Wildman–Crippen LogP) is 2.18. The molecule has 0 atom stereocenters. The summed E-state index contributed by atoms with van der Waals surface area (Å²) in [6.45, 7) is 12.0. The Labute approximate surface area is 127 Å². The Hall–Kier alpha value is -1.27. The Balaban J connectivity index is 2.30. The minimum Gasteiger partial charge on any atom is -0.485 e. The molecule has 5 nitrogen and oxygen atoms in total. The van der Waals surface area contributed by atoms with Crippen LogP contribution >= 0.6 is 0 Å². The number of pyridine rings is 1. The molecular weight excluding hydrogens is 269 g/mol. The minimum absolute atomic E-state index is 0.0363. The van der Waals surface area contributed by atoms with Crippen LogP contribution in [0.15, 0.2) is 12.3 Å². The van der Waals surface area contributed by atoms with Crippen LogP contribution in [-0.4, -0.2) is 36.5 Å². The maximum Gasteiger partial charge on any atom is 0.496 e. The van der Waals surface area contributed by atoms with E-state index in [1.54, 1.807) is 13.3 Å². The van der Waals surface area contributed by atoms with E-state index < -0.39 is 7.12 Å². The lowest BCUT2D eigenvalue weighted by atomic mass is 9.80. The molecule has 116 valence electrons. The lowest BCUT2D eigenvalue weighted by Crippen LogP contribution is -2.41. The maximum atomic E-state index is 6.02. The van der Waals surface area contributed by atoms with Crippen LogP contribution in [0.1, 0.15) is 41.5 Å². The molecule has 1 aliphatic rings. The summed E-state index contributed by atoms with van der Waals surface area (Å²) in [4.78, 5) is 4.28. The first kappa shape index (κ1) is 16.1. The van der Waals surface area contributed by atoms with Crippen molar-refractivity contribution in [1.29, 1.82) is 0 Å². The molecule has 2 rings (SSSR count). The van der Waals surface area contributed by atoms with Gasteiger partial charge < -0.3 is 18.8 Å². The maximum absolute atomic E-state index is 6.02. The van der Waals surface area contributed by atoms with Crippen LogP contribution in [0.4, 0.5) is 0 Å². The molecule has 0 amide bonds. The summed E-state index contributed by atoms with van der Waals surface area (Å²) in [5.74, 6) is 1.06. The van der Waals surface area contributed by atoms with E-state index >= 15 is 0 Å². The lowest BCUT2D eigenvalue weighted by Gasteiger charge is -2.32. The fraction of sp³-hybridized carbons (Fsp3) is 0.667. The van der Waals surface area contributed by atoms with Crippen LogP contribution in [-0.2, 0) is 9.31 Å². The van der Waals surface area contributed by atoms with Crippen LogP contribution in [0.3, 0.4) is 0 Å². The molecule has 0 bridgehead atoms. The fourth-order valence-electron chi connectivity index (χ4n) is 2.05. The van der Waals surface area contributed by atoms with E-state index in [9.17, 15) is 0 Å². The average Bonchev–Trinajstić information content (AvgIpc) is 2.57. The minimum atomic E-state index is -0.456. The van der Waals surface area contributed by atoms with Crippen molar-refractivity contribution in [2.45, 2.75) is 58.8 Å². The highest BCUT2D eigenvalue weighted by Crippen LogP contribution is 2.37.